The molecule has 2 N–H and O–H groups in total. The smallest absolute Gasteiger partial charge is 0.462 e. The first kappa shape index (κ1) is 23.0. The maximum atomic E-state index is 12.1. The maximum Gasteiger partial charge on any atom is 0.501 e. The van der Waals surface area contributed by atoms with Crippen molar-refractivity contribution >= 4 is 14.8 Å². The van der Waals surface area contributed by atoms with Crippen LogP contribution in [0.1, 0.15) is 54.4 Å². The average Bonchev–Trinajstić information content (AvgIpc) is 2.50. The molecule has 0 aromatic heterocycles. The number of hydrogen-bond acceptors (Lipinski definition) is 6. The molecule has 0 aliphatic heterocycles. The fourth-order valence-electron chi connectivity index (χ4n) is 2.66. The molecule has 0 aromatic rings. The normalized spacial score (nSPS) is 17.9. The predicted octanol–water partition coefficient (Wildman–Crippen LogP) is 3.35. The molecule has 0 saturated heterocycles. The summed E-state index contributed by atoms with van der Waals surface area (Å²) in [7, 11) is -2.84. The molecule has 0 aromatic carbocycles. The van der Waals surface area contributed by atoms with Gasteiger partial charge in [0, 0.05) is 30.4 Å². The number of ether oxygens (including phenoxy) is 1. The molecule has 0 radical (unpaired) electrons. The summed E-state index contributed by atoms with van der Waals surface area (Å²) >= 11 is 0. The van der Waals surface area contributed by atoms with Crippen molar-refractivity contribution < 1.29 is 22.8 Å². The fourth-order valence-corrected chi connectivity index (χ4v) is 5.91. The highest BCUT2D eigenvalue weighted by molar-refractivity contribution is 6.60. The minimum atomic E-state index is -2.84. The monoisotopic (exact) mass is 385 g/mol. The van der Waals surface area contributed by atoms with E-state index < -0.39 is 8.80 Å². The van der Waals surface area contributed by atoms with E-state index >= 15 is 0 Å². The number of nitrogens with two attached hydrogens (primary N) is 1. The second kappa shape index (κ2) is 11.0. The molecule has 1 atom stereocenters. The van der Waals surface area contributed by atoms with Crippen molar-refractivity contribution in [1.82, 2.24) is 0 Å². The first-order valence-electron chi connectivity index (χ1n) is 9.48. The number of rotatable bonds is 11. The molecular formula is C19H35NO5Si. The van der Waals surface area contributed by atoms with Crippen molar-refractivity contribution in [2.24, 2.45) is 5.73 Å². The molecule has 1 unspecified atom stereocenters. The van der Waals surface area contributed by atoms with Gasteiger partial charge in [-0.05, 0) is 54.4 Å². The summed E-state index contributed by atoms with van der Waals surface area (Å²) < 4.78 is 23.7. The Kier molecular flexibility index (Phi) is 9.74. The highest BCUT2D eigenvalue weighted by Gasteiger charge is 2.43. The molecule has 0 heterocycles. The molecule has 1 aliphatic carbocycles. The van der Waals surface area contributed by atoms with Gasteiger partial charge in [-0.2, -0.15) is 0 Å². The molecular weight excluding hydrogens is 350 g/mol. The Morgan fingerprint density at radius 3 is 2.08 bits per heavy atom. The minimum absolute atomic E-state index is 0.00320. The lowest BCUT2D eigenvalue weighted by molar-refractivity contribution is -0.138. The van der Waals surface area contributed by atoms with Crippen LogP contribution >= 0.6 is 0 Å². The van der Waals surface area contributed by atoms with Crippen LogP contribution in [0.25, 0.3) is 0 Å². The zero-order valence-electron chi connectivity index (χ0n) is 17.0. The van der Waals surface area contributed by atoms with Gasteiger partial charge in [0.05, 0.1) is 12.2 Å². The summed E-state index contributed by atoms with van der Waals surface area (Å²) in [5.74, 6) is -0.320. The number of carbonyl (C=O) groups is 1. The van der Waals surface area contributed by atoms with Gasteiger partial charge in [0.1, 0.15) is 0 Å². The van der Waals surface area contributed by atoms with Gasteiger partial charge in [-0.3, -0.25) is 0 Å². The third-order valence-electron chi connectivity index (χ3n) is 3.47. The van der Waals surface area contributed by atoms with E-state index in [1.807, 2.05) is 53.7 Å². The van der Waals surface area contributed by atoms with Gasteiger partial charge in [0.15, 0.2) is 0 Å². The highest BCUT2D eigenvalue weighted by atomic mass is 28.4. The van der Waals surface area contributed by atoms with Crippen LogP contribution in [0.5, 0.6) is 0 Å². The molecule has 6 nitrogen and oxygen atoms in total. The Labute approximate surface area is 159 Å². The molecule has 0 amide bonds. The summed E-state index contributed by atoms with van der Waals surface area (Å²) in [5, 5.41) is 0. The lowest BCUT2D eigenvalue weighted by Gasteiger charge is -2.34. The number of hydrogen-bond donors (Lipinski definition) is 1. The third-order valence-corrected chi connectivity index (χ3v) is 6.93. The van der Waals surface area contributed by atoms with E-state index in [9.17, 15) is 4.79 Å². The van der Waals surface area contributed by atoms with Gasteiger partial charge in [0.25, 0.3) is 0 Å². The van der Waals surface area contributed by atoms with Crippen LogP contribution in [0, 0.1) is 0 Å². The second-order valence-corrected chi connectivity index (χ2v) is 9.91. The van der Waals surface area contributed by atoms with Gasteiger partial charge >= 0.3 is 14.8 Å². The first-order valence-corrected chi connectivity index (χ1v) is 11.4. The lowest BCUT2D eigenvalue weighted by Crippen LogP contribution is -2.50. The average molecular weight is 386 g/mol. The maximum absolute atomic E-state index is 12.1. The van der Waals surface area contributed by atoms with Crippen molar-refractivity contribution in [2.75, 3.05) is 6.61 Å². The highest BCUT2D eigenvalue weighted by Crippen LogP contribution is 2.24. The summed E-state index contributed by atoms with van der Waals surface area (Å²) in [4.78, 5) is 12.1. The Balaban J connectivity index is 2.59. The van der Waals surface area contributed by atoms with Crippen LogP contribution < -0.4 is 5.73 Å². The quantitative estimate of drug-likeness (QED) is 0.334. The van der Waals surface area contributed by atoms with Crippen LogP contribution in [0.2, 0.25) is 6.04 Å². The Bertz CT molecular complexity index is 476. The van der Waals surface area contributed by atoms with E-state index in [1.54, 1.807) is 6.08 Å². The van der Waals surface area contributed by atoms with Gasteiger partial charge < -0.3 is 23.7 Å². The Morgan fingerprint density at radius 1 is 1.12 bits per heavy atom. The molecule has 150 valence electrons. The van der Waals surface area contributed by atoms with Gasteiger partial charge in [-0.1, -0.05) is 18.2 Å². The fraction of sp³-hybridized carbons (Fsp3) is 0.737. The second-order valence-electron chi connectivity index (χ2n) is 7.34. The molecule has 0 saturated carbocycles. The summed E-state index contributed by atoms with van der Waals surface area (Å²) in [6, 6.07) is 0.585. The van der Waals surface area contributed by atoms with Crippen molar-refractivity contribution in [2.45, 2.75) is 84.8 Å². The number of esters is 1. The third kappa shape index (κ3) is 8.59. The van der Waals surface area contributed by atoms with Gasteiger partial charge in [0.2, 0.25) is 0 Å². The molecule has 0 fully saturated rings. The molecule has 7 heteroatoms. The lowest BCUT2D eigenvalue weighted by atomic mass is 10.0. The van der Waals surface area contributed by atoms with Crippen LogP contribution in [-0.2, 0) is 22.8 Å². The topological polar surface area (TPSA) is 80.0 Å². The molecule has 0 spiro atoms. The van der Waals surface area contributed by atoms with E-state index in [1.165, 1.54) is 0 Å². The summed E-state index contributed by atoms with van der Waals surface area (Å²) in [5.41, 5.74) is 6.33. The zero-order valence-corrected chi connectivity index (χ0v) is 18.0. The van der Waals surface area contributed by atoms with Crippen LogP contribution in [0.15, 0.2) is 23.8 Å². The van der Waals surface area contributed by atoms with Crippen LogP contribution in [0.4, 0.5) is 0 Å². The number of carbonyl (C=O) groups excluding carboxylic acids is 1. The predicted molar refractivity (Wildman–Crippen MR) is 105 cm³/mol. The molecule has 1 rings (SSSR count). The molecule has 1 aliphatic rings. The standard InChI is InChI=1S/C19H35NO5Si/c1-14(2)23-26(24-15(3)4,25-16(5)6)13-7-12-22-19(21)17-8-10-18(20)11-9-17/h8-10,14-16,18H,7,11-13,20H2,1-6H3. The summed E-state index contributed by atoms with van der Waals surface area (Å²) in [6.45, 7) is 12.1. The van der Waals surface area contributed by atoms with Crippen LogP contribution in [-0.4, -0.2) is 45.7 Å². The largest absolute Gasteiger partial charge is 0.501 e. The SMILES string of the molecule is CC(C)O[Si](CCCOC(=O)C1=CCC(N)C=C1)(OC(C)C)OC(C)C. The molecule has 0 bridgehead atoms. The summed E-state index contributed by atoms with van der Waals surface area (Å²) in [6.07, 6.45) is 6.65. The Hall–Kier alpha value is -0.993. The Morgan fingerprint density at radius 2 is 1.65 bits per heavy atom. The van der Waals surface area contributed by atoms with E-state index in [-0.39, 0.29) is 30.3 Å². The van der Waals surface area contributed by atoms with Crippen molar-refractivity contribution in [3.8, 4) is 0 Å². The van der Waals surface area contributed by atoms with Gasteiger partial charge in [-0.15, -0.1) is 0 Å². The van der Waals surface area contributed by atoms with Crippen LogP contribution in [0.3, 0.4) is 0 Å². The zero-order chi connectivity index (χ0) is 19.7. The van der Waals surface area contributed by atoms with E-state index in [0.29, 0.717) is 31.1 Å². The van der Waals surface area contributed by atoms with E-state index in [0.717, 1.165) is 0 Å². The van der Waals surface area contributed by atoms with Crippen molar-refractivity contribution in [3.05, 3.63) is 23.8 Å². The van der Waals surface area contributed by atoms with Crippen molar-refractivity contribution in [1.29, 1.82) is 0 Å². The van der Waals surface area contributed by atoms with E-state index in [2.05, 4.69) is 0 Å². The minimum Gasteiger partial charge on any atom is -0.462 e. The van der Waals surface area contributed by atoms with E-state index in [4.69, 9.17) is 23.7 Å². The van der Waals surface area contributed by atoms with Gasteiger partial charge in [-0.25, -0.2) is 4.79 Å². The molecule has 26 heavy (non-hydrogen) atoms. The van der Waals surface area contributed by atoms with Crippen molar-refractivity contribution in [3.63, 3.8) is 0 Å². The first-order chi connectivity index (χ1) is 12.1.